The number of hydrogen-bond acceptors (Lipinski definition) is 5. The van der Waals surface area contributed by atoms with Crippen molar-refractivity contribution >= 4 is 28.6 Å². The van der Waals surface area contributed by atoms with Crippen molar-refractivity contribution in [2.75, 3.05) is 0 Å². The number of hydrogen-bond donors (Lipinski definition) is 1. The number of aliphatic hydroxyl groups is 1. The van der Waals surface area contributed by atoms with E-state index in [2.05, 4.69) is 5.10 Å². The minimum Gasteiger partial charge on any atom is -0.365 e. The van der Waals surface area contributed by atoms with Gasteiger partial charge in [-0.2, -0.15) is 5.10 Å². The van der Waals surface area contributed by atoms with E-state index in [-0.39, 0.29) is 12.1 Å². The van der Waals surface area contributed by atoms with Crippen molar-refractivity contribution < 1.29 is 10.0 Å². The lowest BCUT2D eigenvalue weighted by atomic mass is 9.97. The van der Waals surface area contributed by atoms with Gasteiger partial charge in [0.05, 0.1) is 4.92 Å². The van der Waals surface area contributed by atoms with Crippen LogP contribution in [0.25, 0.3) is 0 Å². The van der Waals surface area contributed by atoms with Gasteiger partial charge >= 0.3 is 0 Å². The van der Waals surface area contributed by atoms with Crippen molar-refractivity contribution in [3.63, 3.8) is 0 Å². The Morgan fingerprint density at radius 1 is 1.25 bits per heavy atom. The Balaban J connectivity index is 1.98. The van der Waals surface area contributed by atoms with Gasteiger partial charge in [0.25, 0.3) is 5.69 Å². The molecule has 3 rings (SSSR count). The van der Waals surface area contributed by atoms with Crippen molar-refractivity contribution in [2.24, 2.45) is 5.10 Å². The van der Waals surface area contributed by atoms with Gasteiger partial charge < -0.3 is 5.11 Å². The minimum absolute atomic E-state index is 0.0322. The number of non-ortho nitro benzene ring substituents is 1. The molecule has 0 fully saturated rings. The van der Waals surface area contributed by atoms with Gasteiger partial charge in [0.1, 0.15) is 4.99 Å². The van der Waals surface area contributed by atoms with Crippen LogP contribution in [0, 0.1) is 10.1 Å². The van der Waals surface area contributed by atoms with Crippen LogP contribution in [-0.2, 0) is 5.72 Å². The molecule has 0 spiro atoms. The Morgan fingerprint density at radius 3 is 2.46 bits per heavy atom. The molecule has 2 aromatic rings. The van der Waals surface area contributed by atoms with Crippen LogP contribution in [0.15, 0.2) is 59.7 Å². The first-order chi connectivity index (χ1) is 11.4. The standard InChI is InChI=1S/C17H15N3O3S/c1-12-11-17(21,14-7-9-15(10-8-14)20(22)23)19(18-12)16(24)13-5-3-2-4-6-13/h2-10,21H,11H2,1H3/t17-/m1/s1. The molecule has 7 heteroatoms. The molecule has 0 bridgehead atoms. The summed E-state index contributed by atoms with van der Waals surface area (Å²) in [4.78, 5) is 10.7. The molecule has 2 aromatic carbocycles. The molecule has 0 unspecified atom stereocenters. The van der Waals surface area contributed by atoms with E-state index in [1.54, 1.807) is 0 Å². The summed E-state index contributed by atoms with van der Waals surface area (Å²) in [6, 6.07) is 15.1. The molecule has 1 N–H and O–H groups in total. The predicted octanol–water partition coefficient (Wildman–Crippen LogP) is 3.20. The minimum atomic E-state index is -1.45. The highest BCUT2D eigenvalue weighted by molar-refractivity contribution is 7.80. The van der Waals surface area contributed by atoms with Crippen molar-refractivity contribution in [1.82, 2.24) is 5.01 Å². The number of rotatable bonds is 3. The number of nitrogens with zero attached hydrogens (tertiary/aromatic N) is 3. The molecule has 1 aliphatic rings. The number of benzene rings is 2. The highest BCUT2D eigenvalue weighted by atomic mass is 32.1. The Bertz CT molecular complexity index is 821. The SMILES string of the molecule is CC1=NN(C(=S)c2ccccc2)[C@](O)(c2ccc([N+](=O)[O-])cc2)C1. The van der Waals surface area contributed by atoms with E-state index in [1.165, 1.54) is 29.3 Å². The van der Waals surface area contributed by atoms with Crippen molar-refractivity contribution in [3.05, 3.63) is 75.8 Å². The van der Waals surface area contributed by atoms with E-state index in [1.807, 2.05) is 37.3 Å². The lowest BCUT2D eigenvalue weighted by molar-refractivity contribution is -0.384. The van der Waals surface area contributed by atoms with Crippen LogP contribution >= 0.6 is 12.2 Å². The van der Waals surface area contributed by atoms with Crippen molar-refractivity contribution in [3.8, 4) is 0 Å². The molecule has 1 atom stereocenters. The smallest absolute Gasteiger partial charge is 0.269 e. The molecule has 0 aliphatic carbocycles. The molecular weight excluding hydrogens is 326 g/mol. The first-order valence-electron chi connectivity index (χ1n) is 7.33. The molecule has 1 aliphatic heterocycles. The summed E-state index contributed by atoms with van der Waals surface area (Å²) in [6.45, 7) is 1.81. The molecule has 0 aromatic heterocycles. The van der Waals surface area contributed by atoms with Crippen LogP contribution < -0.4 is 0 Å². The number of hydrazone groups is 1. The van der Waals surface area contributed by atoms with Gasteiger partial charge in [0.15, 0.2) is 5.72 Å². The van der Waals surface area contributed by atoms with Gasteiger partial charge in [-0.1, -0.05) is 42.5 Å². The summed E-state index contributed by atoms with van der Waals surface area (Å²) < 4.78 is 0. The fourth-order valence-corrected chi connectivity index (χ4v) is 3.04. The van der Waals surface area contributed by atoms with E-state index >= 15 is 0 Å². The van der Waals surface area contributed by atoms with Crippen molar-refractivity contribution in [2.45, 2.75) is 19.1 Å². The molecule has 1 heterocycles. The summed E-state index contributed by atoms with van der Waals surface area (Å²) in [5, 5.41) is 27.8. The van der Waals surface area contributed by atoms with Gasteiger partial charge in [-0.3, -0.25) is 10.1 Å². The second kappa shape index (κ2) is 6.10. The third kappa shape index (κ3) is 2.79. The lowest BCUT2D eigenvalue weighted by Gasteiger charge is -2.33. The molecule has 0 radical (unpaired) electrons. The first-order valence-corrected chi connectivity index (χ1v) is 7.73. The zero-order valence-electron chi connectivity index (χ0n) is 12.9. The molecule has 0 amide bonds. The predicted molar refractivity (Wildman–Crippen MR) is 94.7 cm³/mol. The molecule has 6 nitrogen and oxygen atoms in total. The average Bonchev–Trinajstić information content (AvgIpc) is 2.91. The highest BCUT2D eigenvalue weighted by Crippen LogP contribution is 2.37. The monoisotopic (exact) mass is 341 g/mol. The molecular formula is C17H15N3O3S. The molecule has 0 saturated heterocycles. The van der Waals surface area contributed by atoms with Gasteiger partial charge in [-0.25, -0.2) is 5.01 Å². The average molecular weight is 341 g/mol. The Morgan fingerprint density at radius 2 is 1.88 bits per heavy atom. The lowest BCUT2D eigenvalue weighted by Crippen LogP contribution is -2.43. The number of nitro benzene ring substituents is 1. The molecule has 122 valence electrons. The zero-order chi connectivity index (χ0) is 17.3. The van der Waals surface area contributed by atoms with Crippen LogP contribution in [0.4, 0.5) is 5.69 Å². The Hall–Kier alpha value is -2.64. The Kier molecular flexibility index (Phi) is 4.13. The largest absolute Gasteiger partial charge is 0.365 e. The summed E-state index contributed by atoms with van der Waals surface area (Å²) >= 11 is 5.50. The number of thiocarbonyl (C=S) groups is 1. The van der Waals surface area contributed by atoms with Crippen LogP contribution in [0.1, 0.15) is 24.5 Å². The van der Waals surface area contributed by atoms with Gasteiger partial charge in [-0.05, 0) is 19.1 Å². The topological polar surface area (TPSA) is 79.0 Å². The third-order valence-electron chi connectivity index (χ3n) is 3.88. The maximum Gasteiger partial charge on any atom is 0.269 e. The van der Waals surface area contributed by atoms with E-state index in [9.17, 15) is 15.2 Å². The summed E-state index contributed by atoms with van der Waals surface area (Å²) in [5.41, 5.74) is 0.522. The maximum atomic E-state index is 11.2. The van der Waals surface area contributed by atoms with E-state index in [4.69, 9.17) is 12.2 Å². The summed E-state index contributed by atoms with van der Waals surface area (Å²) in [7, 11) is 0. The Labute approximate surface area is 144 Å². The normalized spacial score (nSPS) is 19.9. The number of nitro groups is 1. The van der Waals surface area contributed by atoms with Crippen LogP contribution in [0.5, 0.6) is 0 Å². The zero-order valence-corrected chi connectivity index (χ0v) is 13.7. The first kappa shape index (κ1) is 16.2. The van der Waals surface area contributed by atoms with E-state index in [0.717, 1.165) is 11.3 Å². The quantitative estimate of drug-likeness (QED) is 0.527. The highest BCUT2D eigenvalue weighted by Gasteiger charge is 2.43. The second-order valence-corrected chi connectivity index (χ2v) is 6.00. The van der Waals surface area contributed by atoms with Gasteiger partial charge in [0, 0.05) is 35.4 Å². The van der Waals surface area contributed by atoms with Gasteiger partial charge in [-0.15, -0.1) is 0 Å². The molecule has 24 heavy (non-hydrogen) atoms. The third-order valence-corrected chi connectivity index (χ3v) is 4.29. The van der Waals surface area contributed by atoms with Gasteiger partial charge in [0.2, 0.25) is 0 Å². The van der Waals surface area contributed by atoms with Crippen molar-refractivity contribution in [1.29, 1.82) is 0 Å². The van der Waals surface area contributed by atoms with Crippen LogP contribution in [-0.4, -0.2) is 25.7 Å². The van der Waals surface area contributed by atoms with Crippen LogP contribution in [0.3, 0.4) is 0 Å². The second-order valence-electron chi connectivity index (χ2n) is 5.62. The molecule has 0 saturated carbocycles. The van der Waals surface area contributed by atoms with E-state index in [0.29, 0.717) is 10.6 Å². The fraction of sp³-hybridized carbons (Fsp3) is 0.176. The fourth-order valence-electron chi connectivity index (χ4n) is 2.71. The van der Waals surface area contributed by atoms with Crippen LogP contribution in [0.2, 0.25) is 0 Å². The summed E-state index contributed by atoms with van der Waals surface area (Å²) in [5.74, 6) is 0. The maximum absolute atomic E-state index is 11.2. The van der Waals surface area contributed by atoms with E-state index < -0.39 is 10.6 Å². The summed E-state index contributed by atoms with van der Waals surface area (Å²) in [6.07, 6.45) is 0.276.